The largest absolute Gasteiger partial charge is 0.392 e. The zero-order valence-electron chi connectivity index (χ0n) is 9.24. The molecule has 1 saturated heterocycles. The standard InChI is InChI=1S/C11H14N2O4/c14-7-8-1-2-10(11(5-8)13(16)17)12-4-3-9(15)6-12/h1-2,5,9,14-15H,3-4,6-7H2. The van der Waals surface area contributed by atoms with Crippen LogP contribution in [0.5, 0.6) is 0 Å². The van der Waals surface area contributed by atoms with Crippen LogP contribution in [0, 0.1) is 10.1 Å². The summed E-state index contributed by atoms with van der Waals surface area (Å²) in [5.41, 5.74) is 0.995. The number of aliphatic hydroxyl groups excluding tert-OH is 2. The zero-order valence-corrected chi connectivity index (χ0v) is 9.24. The minimum absolute atomic E-state index is 0.0225. The lowest BCUT2D eigenvalue weighted by Crippen LogP contribution is -2.22. The highest BCUT2D eigenvalue weighted by molar-refractivity contribution is 5.64. The summed E-state index contributed by atoms with van der Waals surface area (Å²) in [5.74, 6) is 0. The second-order valence-electron chi connectivity index (χ2n) is 4.13. The maximum Gasteiger partial charge on any atom is 0.292 e. The minimum atomic E-state index is -0.459. The molecule has 1 aromatic rings. The van der Waals surface area contributed by atoms with Crippen molar-refractivity contribution in [2.75, 3.05) is 18.0 Å². The maximum absolute atomic E-state index is 11.0. The van der Waals surface area contributed by atoms with Gasteiger partial charge in [0.15, 0.2) is 0 Å². The molecular weight excluding hydrogens is 224 g/mol. The number of benzene rings is 1. The van der Waals surface area contributed by atoms with Crippen LogP contribution in [0.3, 0.4) is 0 Å². The average Bonchev–Trinajstić information content (AvgIpc) is 2.75. The van der Waals surface area contributed by atoms with Crippen molar-refractivity contribution in [1.82, 2.24) is 0 Å². The number of hydrogen-bond acceptors (Lipinski definition) is 5. The lowest BCUT2D eigenvalue weighted by molar-refractivity contribution is -0.384. The van der Waals surface area contributed by atoms with Crippen molar-refractivity contribution in [2.24, 2.45) is 0 Å². The molecule has 0 radical (unpaired) electrons. The summed E-state index contributed by atoms with van der Waals surface area (Å²) in [4.78, 5) is 12.3. The van der Waals surface area contributed by atoms with Crippen molar-refractivity contribution >= 4 is 11.4 Å². The molecule has 1 atom stereocenters. The van der Waals surface area contributed by atoms with E-state index in [0.29, 0.717) is 30.8 Å². The fourth-order valence-electron chi connectivity index (χ4n) is 2.04. The van der Waals surface area contributed by atoms with E-state index in [1.165, 1.54) is 6.07 Å². The molecule has 0 aliphatic carbocycles. The molecule has 92 valence electrons. The van der Waals surface area contributed by atoms with Gasteiger partial charge in [0.1, 0.15) is 5.69 Å². The van der Waals surface area contributed by atoms with Crippen molar-refractivity contribution in [3.8, 4) is 0 Å². The summed E-state index contributed by atoms with van der Waals surface area (Å²) < 4.78 is 0. The minimum Gasteiger partial charge on any atom is -0.392 e. The Kier molecular flexibility index (Phi) is 3.26. The third-order valence-corrected chi connectivity index (χ3v) is 2.92. The first-order chi connectivity index (χ1) is 8.11. The lowest BCUT2D eigenvalue weighted by atomic mass is 10.1. The third kappa shape index (κ3) is 2.37. The molecule has 6 nitrogen and oxygen atoms in total. The van der Waals surface area contributed by atoms with Gasteiger partial charge in [-0.05, 0) is 18.1 Å². The van der Waals surface area contributed by atoms with E-state index in [-0.39, 0.29) is 12.3 Å². The zero-order chi connectivity index (χ0) is 12.4. The van der Waals surface area contributed by atoms with Crippen LogP contribution in [-0.2, 0) is 6.61 Å². The molecule has 1 unspecified atom stereocenters. The van der Waals surface area contributed by atoms with Crippen molar-refractivity contribution in [3.05, 3.63) is 33.9 Å². The number of β-amino-alcohol motifs (C(OH)–C–C–N with tert-alkyl or cyclic N) is 1. The summed E-state index contributed by atoms with van der Waals surface area (Å²) in [5, 5.41) is 29.4. The van der Waals surface area contributed by atoms with Crippen molar-refractivity contribution in [3.63, 3.8) is 0 Å². The van der Waals surface area contributed by atoms with E-state index in [1.807, 2.05) is 0 Å². The molecule has 2 N–H and O–H groups in total. The second-order valence-corrected chi connectivity index (χ2v) is 4.13. The van der Waals surface area contributed by atoms with Gasteiger partial charge in [-0.25, -0.2) is 0 Å². The van der Waals surface area contributed by atoms with Gasteiger partial charge in [-0.15, -0.1) is 0 Å². The Morgan fingerprint density at radius 3 is 2.82 bits per heavy atom. The van der Waals surface area contributed by atoms with Crippen LogP contribution >= 0.6 is 0 Å². The van der Waals surface area contributed by atoms with Gasteiger partial charge >= 0.3 is 0 Å². The molecule has 17 heavy (non-hydrogen) atoms. The number of nitro groups is 1. The first kappa shape index (κ1) is 11.8. The number of rotatable bonds is 3. The Morgan fingerprint density at radius 1 is 1.53 bits per heavy atom. The maximum atomic E-state index is 11.0. The monoisotopic (exact) mass is 238 g/mol. The van der Waals surface area contributed by atoms with E-state index < -0.39 is 11.0 Å². The van der Waals surface area contributed by atoms with Crippen LogP contribution in [0.2, 0.25) is 0 Å². The van der Waals surface area contributed by atoms with E-state index in [1.54, 1.807) is 17.0 Å². The van der Waals surface area contributed by atoms with E-state index in [4.69, 9.17) is 5.11 Å². The van der Waals surface area contributed by atoms with Gasteiger partial charge in [0.2, 0.25) is 0 Å². The highest BCUT2D eigenvalue weighted by Gasteiger charge is 2.26. The first-order valence-electron chi connectivity index (χ1n) is 5.43. The molecule has 0 amide bonds. The molecule has 1 aromatic carbocycles. The van der Waals surface area contributed by atoms with Gasteiger partial charge in [0.05, 0.1) is 17.6 Å². The molecule has 0 aromatic heterocycles. The number of aliphatic hydroxyl groups is 2. The number of hydrogen-bond donors (Lipinski definition) is 2. The summed E-state index contributed by atoms with van der Waals surface area (Å²) in [6.07, 6.45) is 0.200. The molecule has 1 fully saturated rings. The van der Waals surface area contributed by atoms with Gasteiger partial charge in [0.25, 0.3) is 5.69 Å². The van der Waals surface area contributed by atoms with Crippen molar-refractivity contribution in [2.45, 2.75) is 19.1 Å². The quantitative estimate of drug-likeness (QED) is 0.596. The number of nitrogens with zero attached hydrogens (tertiary/aromatic N) is 2. The van der Waals surface area contributed by atoms with E-state index in [2.05, 4.69) is 0 Å². The van der Waals surface area contributed by atoms with Crippen LogP contribution in [-0.4, -0.2) is 34.3 Å². The SMILES string of the molecule is O=[N+]([O-])c1cc(CO)ccc1N1CCC(O)C1. The molecule has 0 spiro atoms. The molecule has 6 heteroatoms. The van der Waals surface area contributed by atoms with Crippen LogP contribution in [0.1, 0.15) is 12.0 Å². The van der Waals surface area contributed by atoms with Gasteiger partial charge in [-0.1, -0.05) is 6.07 Å². The van der Waals surface area contributed by atoms with Crippen LogP contribution in [0.4, 0.5) is 11.4 Å². The van der Waals surface area contributed by atoms with E-state index >= 15 is 0 Å². The average molecular weight is 238 g/mol. The Bertz CT molecular complexity index is 435. The predicted octanol–water partition coefficient (Wildman–Crippen LogP) is 0.658. The van der Waals surface area contributed by atoms with E-state index in [9.17, 15) is 15.2 Å². The topological polar surface area (TPSA) is 86.8 Å². The first-order valence-corrected chi connectivity index (χ1v) is 5.43. The molecule has 1 aliphatic heterocycles. The molecule has 2 rings (SSSR count). The highest BCUT2D eigenvalue weighted by Crippen LogP contribution is 2.31. The lowest BCUT2D eigenvalue weighted by Gasteiger charge is -2.17. The number of anilines is 1. The summed E-state index contributed by atoms with van der Waals surface area (Å²) >= 11 is 0. The number of nitro benzene ring substituents is 1. The fraction of sp³-hybridized carbons (Fsp3) is 0.455. The van der Waals surface area contributed by atoms with Crippen LogP contribution in [0.25, 0.3) is 0 Å². The Labute approximate surface area is 98.3 Å². The van der Waals surface area contributed by atoms with Gasteiger partial charge in [0, 0.05) is 19.2 Å². The Morgan fingerprint density at radius 2 is 2.29 bits per heavy atom. The summed E-state index contributed by atoms with van der Waals surface area (Å²) in [6.45, 7) is 0.809. The van der Waals surface area contributed by atoms with E-state index in [0.717, 1.165) is 0 Å². The van der Waals surface area contributed by atoms with Crippen LogP contribution < -0.4 is 4.90 Å². The highest BCUT2D eigenvalue weighted by atomic mass is 16.6. The van der Waals surface area contributed by atoms with Crippen molar-refractivity contribution < 1.29 is 15.1 Å². The van der Waals surface area contributed by atoms with Crippen molar-refractivity contribution in [1.29, 1.82) is 0 Å². The molecule has 0 saturated carbocycles. The molecule has 0 bridgehead atoms. The van der Waals surface area contributed by atoms with Crippen LogP contribution in [0.15, 0.2) is 18.2 Å². The predicted molar refractivity (Wildman–Crippen MR) is 61.9 cm³/mol. The molecule has 1 aliphatic rings. The summed E-state index contributed by atoms with van der Waals surface area (Å²) in [7, 11) is 0. The normalized spacial score (nSPS) is 19.6. The second kappa shape index (κ2) is 4.68. The molecule has 1 heterocycles. The third-order valence-electron chi connectivity index (χ3n) is 2.92. The van der Waals surface area contributed by atoms with Gasteiger partial charge < -0.3 is 15.1 Å². The van der Waals surface area contributed by atoms with Gasteiger partial charge in [-0.2, -0.15) is 0 Å². The van der Waals surface area contributed by atoms with Gasteiger partial charge in [-0.3, -0.25) is 10.1 Å². The summed E-state index contributed by atoms with van der Waals surface area (Å²) in [6, 6.07) is 4.66. The Hall–Kier alpha value is -1.66. The fourth-order valence-corrected chi connectivity index (χ4v) is 2.04. The Balaban J connectivity index is 2.35. The molecular formula is C11H14N2O4. The smallest absolute Gasteiger partial charge is 0.292 e.